The average molecular weight is 378 g/mol. The van der Waals surface area contributed by atoms with Crippen LogP contribution in [0.15, 0.2) is 0 Å². The molecule has 2 N–H and O–H groups in total. The maximum Gasteiger partial charge on any atom is 0.408 e. The van der Waals surface area contributed by atoms with Crippen molar-refractivity contribution in [2.45, 2.75) is 90.6 Å². The van der Waals surface area contributed by atoms with E-state index in [1.54, 1.807) is 32.0 Å². The summed E-state index contributed by atoms with van der Waals surface area (Å²) in [7, 11) is -1.77. The number of alkyl carbamates (subject to hydrolysis) is 1. The molecule has 7 heteroatoms. The Bertz CT molecular complexity index is 411. The second kappa shape index (κ2) is 9.13. The van der Waals surface area contributed by atoms with Crippen molar-refractivity contribution >= 4 is 30.5 Å². The van der Waals surface area contributed by atoms with Gasteiger partial charge in [0.2, 0.25) is 0 Å². The monoisotopic (exact) mass is 377 g/mol. The lowest BCUT2D eigenvalue weighted by Crippen LogP contribution is -2.48. The van der Waals surface area contributed by atoms with E-state index in [0.29, 0.717) is 22.4 Å². The number of carbonyl (C=O) groups is 2. The Morgan fingerprint density at radius 3 is 1.75 bits per heavy atom. The van der Waals surface area contributed by atoms with Crippen molar-refractivity contribution in [3.8, 4) is 0 Å². The van der Waals surface area contributed by atoms with Crippen LogP contribution in [0.5, 0.6) is 0 Å². The molecule has 0 aromatic heterocycles. The molecular formula is C17H35NO4SSi. The third kappa shape index (κ3) is 6.67. The van der Waals surface area contributed by atoms with Crippen molar-refractivity contribution in [2.24, 2.45) is 0 Å². The number of aliphatic carboxylic acids is 1. The van der Waals surface area contributed by atoms with Crippen LogP contribution >= 0.6 is 11.2 Å². The first-order valence-corrected chi connectivity index (χ1v) is 12.5. The number of hydrogen-bond acceptors (Lipinski definition) is 4. The molecule has 1 atom stereocenters. The number of nitrogens with one attached hydrogen (secondary N) is 1. The predicted molar refractivity (Wildman–Crippen MR) is 104 cm³/mol. The van der Waals surface area contributed by atoms with Gasteiger partial charge in [0.25, 0.3) is 0 Å². The third-order valence-corrected chi connectivity index (χ3v) is 16.9. The van der Waals surface area contributed by atoms with Gasteiger partial charge in [0, 0.05) is 5.75 Å². The van der Waals surface area contributed by atoms with Gasteiger partial charge in [-0.05, 0) is 37.4 Å². The third-order valence-electron chi connectivity index (χ3n) is 4.20. The van der Waals surface area contributed by atoms with E-state index in [1.807, 2.05) is 0 Å². The van der Waals surface area contributed by atoms with Crippen LogP contribution in [-0.4, -0.2) is 41.8 Å². The van der Waals surface area contributed by atoms with Crippen LogP contribution < -0.4 is 5.32 Å². The zero-order valence-corrected chi connectivity index (χ0v) is 18.4. The van der Waals surface area contributed by atoms with E-state index in [9.17, 15) is 14.7 Å². The first-order chi connectivity index (χ1) is 10.7. The van der Waals surface area contributed by atoms with Crippen molar-refractivity contribution in [3.05, 3.63) is 0 Å². The van der Waals surface area contributed by atoms with Gasteiger partial charge in [0.1, 0.15) is 18.9 Å². The number of carboxylic acid groups (broad SMARTS) is 1. The summed E-state index contributed by atoms with van der Waals surface area (Å²) in [6.45, 7) is 18.7. The van der Waals surface area contributed by atoms with E-state index in [0.717, 1.165) is 0 Å². The van der Waals surface area contributed by atoms with Crippen LogP contribution in [0.4, 0.5) is 4.79 Å². The fourth-order valence-corrected chi connectivity index (χ4v) is 13.4. The first kappa shape index (κ1) is 23.3. The maximum atomic E-state index is 11.9. The molecule has 142 valence electrons. The summed E-state index contributed by atoms with van der Waals surface area (Å²) < 4.78 is 5.18. The fraction of sp³-hybridized carbons (Fsp3) is 0.882. The Hall–Kier alpha value is -0.693. The van der Waals surface area contributed by atoms with Crippen LogP contribution in [0, 0.1) is 0 Å². The number of carbonyl (C=O) groups excluding carboxylic acids is 1. The lowest BCUT2D eigenvalue weighted by Gasteiger charge is -2.42. The molecule has 0 aliphatic heterocycles. The highest BCUT2D eigenvalue weighted by Gasteiger charge is 2.44. The van der Waals surface area contributed by atoms with Crippen molar-refractivity contribution in [3.63, 3.8) is 0 Å². The van der Waals surface area contributed by atoms with E-state index >= 15 is 0 Å². The molecule has 0 spiro atoms. The molecule has 0 bridgehead atoms. The number of ether oxygens (including phenoxy) is 1. The summed E-state index contributed by atoms with van der Waals surface area (Å²) in [5.74, 6) is -0.650. The van der Waals surface area contributed by atoms with E-state index in [4.69, 9.17) is 4.74 Å². The molecule has 0 saturated carbocycles. The Morgan fingerprint density at radius 1 is 1.04 bits per heavy atom. The molecule has 0 saturated heterocycles. The molecule has 0 aromatic carbocycles. The molecule has 24 heavy (non-hydrogen) atoms. The minimum absolute atomic E-state index is 0.370. The average Bonchev–Trinajstić information content (AvgIpc) is 2.33. The highest BCUT2D eigenvalue weighted by Crippen LogP contribution is 2.49. The molecule has 0 aliphatic carbocycles. The van der Waals surface area contributed by atoms with E-state index < -0.39 is 30.9 Å². The number of carboxylic acids is 1. The number of hydrogen-bond donors (Lipinski definition) is 2. The Balaban J connectivity index is 5.13. The van der Waals surface area contributed by atoms with Gasteiger partial charge >= 0.3 is 12.1 Å². The van der Waals surface area contributed by atoms with Crippen LogP contribution in [0.25, 0.3) is 0 Å². The second-order valence-electron chi connectivity index (χ2n) is 8.17. The molecule has 0 aliphatic rings. The van der Waals surface area contributed by atoms with Crippen molar-refractivity contribution in [1.82, 2.24) is 5.32 Å². The van der Waals surface area contributed by atoms with Crippen LogP contribution in [0.1, 0.15) is 62.3 Å². The Kier molecular flexibility index (Phi) is 8.87. The standard InChI is InChI=1S/C17H35NO4SSi/c1-11(2)24(12(3)4,13(5)6)23-10-14(15(19)20)18-16(21)22-17(7,8)9/h11-14H,10H2,1-9H3,(H,18,21)(H,19,20). The van der Waals surface area contributed by atoms with Crippen LogP contribution in [-0.2, 0) is 9.53 Å². The molecule has 0 heterocycles. The zero-order valence-electron chi connectivity index (χ0n) is 16.6. The Morgan fingerprint density at radius 2 is 1.46 bits per heavy atom. The summed E-state index contributed by atoms with van der Waals surface area (Å²) in [4.78, 5) is 23.5. The van der Waals surface area contributed by atoms with Gasteiger partial charge in [0.05, 0.1) is 0 Å². The molecule has 0 fully saturated rings. The Labute approximate surface area is 152 Å². The maximum absolute atomic E-state index is 11.9. The summed E-state index contributed by atoms with van der Waals surface area (Å²) in [5, 5.41) is 12.0. The summed E-state index contributed by atoms with van der Waals surface area (Å²) in [6, 6.07) is -0.937. The lowest BCUT2D eigenvalue weighted by atomic mass is 10.2. The van der Waals surface area contributed by atoms with Gasteiger partial charge < -0.3 is 15.2 Å². The lowest BCUT2D eigenvalue weighted by molar-refractivity contribution is -0.138. The van der Waals surface area contributed by atoms with Crippen molar-refractivity contribution in [1.29, 1.82) is 0 Å². The molecule has 1 unspecified atom stereocenters. The topological polar surface area (TPSA) is 75.6 Å². The van der Waals surface area contributed by atoms with Crippen LogP contribution in [0.2, 0.25) is 16.6 Å². The number of rotatable bonds is 8. The molecule has 0 aromatic rings. The second-order valence-corrected chi connectivity index (χ2v) is 16.9. The SMILES string of the molecule is CC(C)[Si](SCC(NC(=O)OC(C)(C)C)C(=O)O)(C(C)C)C(C)C. The van der Waals surface area contributed by atoms with E-state index in [1.165, 1.54) is 0 Å². The van der Waals surface area contributed by atoms with Gasteiger partial charge in [-0.3, -0.25) is 0 Å². The summed E-state index contributed by atoms with van der Waals surface area (Å²) in [6.07, 6.45) is -0.679. The van der Waals surface area contributed by atoms with Crippen LogP contribution in [0.3, 0.4) is 0 Å². The molecule has 0 rings (SSSR count). The number of amides is 1. The first-order valence-electron chi connectivity index (χ1n) is 8.60. The largest absolute Gasteiger partial charge is 0.480 e. The zero-order chi connectivity index (χ0) is 19.3. The van der Waals surface area contributed by atoms with Gasteiger partial charge in [-0.15, -0.1) is 0 Å². The molecule has 0 radical (unpaired) electrons. The van der Waals surface area contributed by atoms with Gasteiger partial charge in [0.15, 0.2) is 0 Å². The molecular weight excluding hydrogens is 342 g/mol. The highest BCUT2D eigenvalue weighted by atomic mass is 32.4. The van der Waals surface area contributed by atoms with Gasteiger partial charge in [-0.25, -0.2) is 9.59 Å². The highest BCUT2D eigenvalue weighted by molar-refractivity contribution is 8.29. The van der Waals surface area contributed by atoms with Gasteiger partial charge in [-0.1, -0.05) is 41.5 Å². The predicted octanol–water partition coefficient (Wildman–Crippen LogP) is 4.87. The van der Waals surface area contributed by atoms with E-state index in [2.05, 4.69) is 46.9 Å². The van der Waals surface area contributed by atoms with E-state index in [-0.39, 0.29) is 0 Å². The quantitative estimate of drug-likeness (QED) is 0.590. The smallest absolute Gasteiger partial charge is 0.408 e. The molecule has 5 nitrogen and oxygen atoms in total. The van der Waals surface area contributed by atoms with Crippen molar-refractivity contribution in [2.75, 3.05) is 5.75 Å². The van der Waals surface area contributed by atoms with Gasteiger partial charge in [-0.2, -0.15) is 11.2 Å². The minimum Gasteiger partial charge on any atom is -0.480 e. The fourth-order valence-electron chi connectivity index (χ4n) is 3.35. The summed E-state index contributed by atoms with van der Waals surface area (Å²) >= 11 is 1.78. The minimum atomic E-state index is -1.77. The normalized spacial score (nSPS) is 14.2. The summed E-state index contributed by atoms with van der Waals surface area (Å²) in [5.41, 5.74) is 0.933. The molecule has 1 amide bonds. The van der Waals surface area contributed by atoms with Crippen molar-refractivity contribution < 1.29 is 19.4 Å².